The first-order valence-electron chi connectivity index (χ1n) is 21.4. The smallest absolute Gasteiger partial charge is 0.329 e. The van der Waals surface area contributed by atoms with Gasteiger partial charge in [0.05, 0.1) is 22.5 Å². The Morgan fingerprint density at radius 3 is 2.49 bits per heavy atom. The van der Waals surface area contributed by atoms with Crippen LogP contribution in [0.3, 0.4) is 0 Å². The van der Waals surface area contributed by atoms with Crippen LogP contribution in [0.1, 0.15) is 101 Å². The number of aromatic nitrogens is 4. The number of imidazole rings is 1. The molecule has 314 valence electrons. The van der Waals surface area contributed by atoms with Crippen LogP contribution in [0.2, 0.25) is 0 Å². The number of carbonyl (C=O) groups is 4. The highest BCUT2D eigenvalue weighted by molar-refractivity contribution is 7.86. The Morgan fingerprint density at radius 1 is 0.966 bits per heavy atom. The topological polar surface area (TPSA) is 192 Å². The summed E-state index contributed by atoms with van der Waals surface area (Å²) in [5.41, 5.74) is 2.46. The Labute approximate surface area is 342 Å². The van der Waals surface area contributed by atoms with Crippen molar-refractivity contribution in [2.24, 2.45) is 13.0 Å². The van der Waals surface area contributed by atoms with Crippen LogP contribution in [0.5, 0.6) is 0 Å². The lowest BCUT2D eigenvalue weighted by molar-refractivity contribution is -0.136. The molecule has 2 saturated carbocycles. The summed E-state index contributed by atoms with van der Waals surface area (Å²) in [6.45, 7) is 3.79. The van der Waals surface area contributed by atoms with Crippen molar-refractivity contribution in [3.05, 3.63) is 46.0 Å². The van der Waals surface area contributed by atoms with E-state index in [1.54, 1.807) is 15.7 Å². The van der Waals surface area contributed by atoms with Gasteiger partial charge in [-0.2, -0.15) is 22.0 Å². The van der Waals surface area contributed by atoms with Crippen molar-refractivity contribution in [1.82, 2.24) is 37.9 Å². The molecule has 0 radical (unpaired) electrons. The number of imide groups is 1. The Balaban J connectivity index is 0.714. The third-order valence-corrected chi connectivity index (χ3v) is 16.6. The third kappa shape index (κ3) is 6.21. The number of hydrogen-bond acceptors (Lipinski definition) is 10. The number of anilines is 2. The zero-order valence-corrected chi connectivity index (χ0v) is 34.5. The van der Waals surface area contributed by atoms with Gasteiger partial charge in [0.2, 0.25) is 29.6 Å². The molecule has 0 bridgehead atoms. The molecule has 1 aromatic carbocycles. The van der Waals surface area contributed by atoms with Gasteiger partial charge >= 0.3 is 5.69 Å². The summed E-state index contributed by atoms with van der Waals surface area (Å²) in [4.78, 5) is 77.8. The second kappa shape index (κ2) is 14.2. The molecule has 3 aromatic rings. The number of amides is 4. The maximum absolute atomic E-state index is 13.9. The number of carbonyl (C=O) groups excluding carboxylic acids is 4. The predicted octanol–water partition coefficient (Wildman–Crippen LogP) is 2.10. The number of nitrogens with one attached hydrogen (secondary N) is 2. The number of hydrogen-bond donors (Lipinski definition) is 2. The molecule has 2 N–H and O–H groups in total. The highest BCUT2D eigenvalue weighted by Crippen LogP contribution is 2.58. The van der Waals surface area contributed by atoms with Gasteiger partial charge in [0.1, 0.15) is 11.9 Å². The summed E-state index contributed by atoms with van der Waals surface area (Å²) in [6, 6.07) is 4.73. The van der Waals surface area contributed by atoms with Gasteiger partial charge in [0, 0.05) is 76.0 Å². The van der Waals surface area contributed by atoms with Gasteiger partial charge in [-0.25, -0.2) is 9.78 Å². The Morgan fingerprint density at radius 2 is 1.76 bits per heavy atom. The lowest BCUT2D eigenvalue weighted by Gasteiger charge is -2.47. The molecule has 5 aliphatic heterocycles. The van der Waals surface area contributed by atoms with Crippen molar-refractivity contribution in [3.8, 4) is 0 Å². The number of rotatable bonds is 10. The molecule has 18 heteroatoms. The molecule has 2 aliphatic carbocycles. The van der Waals surface area contributed by atoms with Crippen LogP contribution < -0.4 is 21.2 Å². The molecule has 5 atom stereocenters. The quantitative estimate of drug-likeness (QED) is 0.286. The first kappa shape index (κ1) is 38.5. The Hall–Kier alpha value is -4.68. The number of benzene rings is 1. The van der Waals surface area contributed by atoms with Crippen molar-refractivity contribution in [3.63, 3.8) is 0 Å². The van der Waals surface area contributed by atoms with E-state index in [1.165, 1.54) is 9.13 Å². The van der Waals surface area contributed by atoms with E-state index in [1.807, 2.05) is 34.2 Å². The van der Waals surface area contributed by atoms with Crippen LogP contribution in [0, 0.1) is 5.92 Å². The highest BCUT2D eigenvalue weighted by atomic mass is 32.2. The number of fused-ring (bicyclic) bond motifs is 4. The van der Waals surface area contributed by atoms with Gasteiger partial charge in [0.25, 0.3) is 10.2 Å². The van der Waals surface area contributed by atoms with Crippen LogP contribution in [-0.4, -0.2) is 115 Å². The first-order chi connectivity index (χ1) is 28.4. The average molecular weight is 829 g/mol. The summed E-state index contributed by atoms with van der Waals surface area (Å²) in [7, 11) is -2.03. The maximum atomic E-state index is 13.9. The molecule has 5 unspecified atom stereocenters. The lowest BCUT2D eigenvalue weighted by atomic mass is 10.0. The average Bonchev–Trinajstić information content (AvgIpc) is 3.63. The summed E-state index contributed by atoms with van der Waals surface area (Å²) in [5, 5.41) is 5.79. The monoisotopic (exact) mass is 828 g/mol. The van der Waals surface area contributed by atoms with Crippen LogP contribution in [0.15, 0.2) is 29.2 Å². The van der Waals surface area contributed by atoms with E-state index in [4.69, 9.17) is 4.98 Å². The van der Waals surface area contributed by atoms with Gasteiger partial charge in [-0.3, -0.25) is 38.5 Å². The second-order valence-corrected chi connectivity index (χ2v) is 19.8. The lowest BCUT2D eigenvalue weighted by Crippen LogP contribution is -2.67. The Bertz CT molecular complexity index is 2440. The fourth-order valence-electron chi connectivity index (χ4n) is 10.9. The molecular formula is C41H52N10O7S. The fraction of sp³-hybridized carbons (Fsp3) is 0.634. The largest absolute Gasteiger partial charge is 0.351 e. The minimum absolute atomic E-state index is 0.00168. The van der Waals surface area contributed by atoms with Crippen LogP contribution in [0.4, 0.5) is 11.8 Å². The van der Waals surface area contributed by atoms with E-state index in [0.717, 1.165) is 49.0 Å². The van der Waals surface area contributed by atoms with Gasteiger partial charge in [-0.15, -0.1) is 0 Å². The summed E-state index contributed by atoms with van der Waals surface area (Å²) in [5.74, 6) is 1.07. The van der Waals surface area contributed by atoms with Crippen molar-refractivity contribution in [2.45, 2.75) is 126 Å². The van der Waals surface area contributed by atoms with Crippen molar-refractivity contribution in [1.29, 1.82) is 0 Å². The second-order valence-electron chi connectivity index (χ2n) is 17.9. The third-order valence-electron chi connectivity index (χ3n) is 14.5. The van der Waals surface area contributed by atoms with Crippen LogP contribution >= 0.6 is 0 Å². The van der Waals surface area contributed by atoms with Gasteiger partial charge in [-0.05, 0) is 87.8 Å². The van der Waals surface area contributed by atoms with Crippen molar-refractivity contribution >= 4 is 56.6 Å². The number of aryl methyl sites for hydroxylation is 2. The van der Waals surface area contributed by atoms with Gasteiger partial charge in [0.15, 0.2) is 0 Å². The maximum Gasteiger partial charge on any atom is 0.329 e. The molecule has 4 amide bonds. The van der Waals surface area contributed by atoms with Gasteiger partial charge in [-0.1, -0.05) is 19.4 Å². The summed E-state index contributed by atoms with van der Waals surface area (Å²) < 4.78 is 33.8. The van der Waals surface area contributed by atoms with Crippen LogP contribution in [0.25, 0.3) is 11.0 Å². The highest BCUT2D eigenvalue weighted by Gasteiger charge is 2.62. The van der Waals surface area contributed by atoms with Crippen molar-refractivity contribution in [2.75, 3.05) is 36.4 Å². The molecule has 59 heavy (non-hydrogen) atoms. The number of likely N-dealkylation sites (tertiary alicyclic amines) is 1. The van der Waals surface area contributed by atoms with Gasteiger partial charge < -0.3 is 10.2 Å². The molecule has 4 saturated heterocycles. The molecule has 1 spiro atoms. The zero-order valence-electron chi connectivity index (χ0n) is 33.6. The summed E-state index contributed by atoms with van der Waals surface area (Å²) in [6.07, 6.45) is 10.6. The molecule has 7 aliphatic rings. The SMILES string of the molecule is CC1CCCC1N1C(=O)C2(CC2)c2cnc(NC3CCN(S(=O)(=O)N4CC5C4CCN5C(=O)CCCc4ccc5c(c4)n(C)c(=O)n5C4CCC(=O)NC4=O)CC3)nc21. The Kier molecular flexibility index (Phi) is 9.28. The number of nitrogens with zero attached hydrogens (tertiary/aromatic N) is 8. The summed E-state index contributed by atoms with van der Waals surface area (Å²) >= 11 is 0. The molecule has 6 fully saturated rings. The zero-order chi connectivity index (χ0) is 41.0. The van der Waals surface area contributed by atoms with E-state index in [9.17, 15) is 32.4 Å². The normalized spacial score (nSPS) is 28.3. The van der Waals surface area contributed by atoms with E-state index in [-0.39, 0.29) is 60.4 Å². The fourth-order valence-corrected chi connectivity index (χ4v) is 12.8. The number of piperidine rings is 2. The predicted molar refractivity (Wildman–Crippen MR) is 217 cm³/mol. The van der Waals surface area contributed by atoms with Crippen LogP contribution in [-0.2, 0) is 48.3 Å². The minimum atomic E-state index is -3.69. The standard InChI is InChI=1S/C41H52N10O7S/c1-24-5-3-7-28(24)51-36-27(41(16-17-41)38(51)55)22-42-39(45-36)43-26-13-18-47(19-14-26)59(57,58)49-23-33-29(49)15-20-48(33)35(53)8-4-6-25-9-10-30-32(21-25)46(2)40(56)50(30)31-11-12-34(52)44-37(31)54/h9-10,21-22,24,26,28-29,31,33H,3-8,11-20,23H2,1-2H3,(H,42,43,45)(H,44,52,54). The van der Waals surface area contributed by atoms with E-state index in [0.29, 0.717) is 87.6 Å². The molecule has 7 heterocycles. The molecule has 10 rings (SSSR count). The first-order valence-corrected chi connectivity index (χ1v) is 22.8. The molecule has 2 aromatic heterocycles. The van der Waals surface area contributed by atoms with E-state index >= 15 is 0 Å². The molecular weight excluding hydrogens is 777 g/mol. The van der Waals surface area contributed by atoms with E-state index < -0.39 is 27.6 Å². The minimum Gasteiger partial charge on any atom is -0.351 e. The van der Waals surface area contributed by atoms with Crippen molar-refractivity contribution < 1.29 is 27.6 Å². The molecule has 17 nitrogen and oxygen atoms in total. The van der Waals surface area contributed by atoms with E-state index in [2.05, 4.69) is 22.5 Å².